The Morgan fingerprint density at radius 3 is 2.12 bits per heavy atom. The smallest absolute Gasteiger partial charge is 0.259 e. The molecule has 1 heterocycles. The van der Waals surface area contributed by atoms with E-state index in [2.05, 4.69) is 15.9 Å². The number of nitrogens with zero attached hydrogens (tertiary/aromatic N) is 1. The summed E-state index contributed by atoms with van der Waals surface area (Å²) in [6.45, 7) is 0.652. The van der Waals surface area contributed by atoms with Crippen LogP contribution in [-0.2, 0) is 13.2 Å². The third-order valence-corrected chi connectivity index (χ3v) is 8.03. The molecule has 1 aliphatic heterocycles. The number of carbonyl (C=O) groups is 1. The molecule has 1 aliphatic rings. The molecule has 0 radical (unpaired) electrons. The van der Waals surface area contributed by atoms with Crippen LogP contribution in [0.2, 0.25) is 0 Å². The summed E-state index contributed by atoms with van der Waals surface area (Å²) in [6, 6.07) is 23.8. The third kappa shape index (κ3) is 5.62. The van der Waals surface area contributed by atoms with Crippen LogP contribution in [0.5, 0.6) is 28.7 Å². The number of benzene rings is 4. The van der Waals surface area contributed by atoms with Gasteiger partial charge in [-0.05, 0) is 52.6 Å². The third-order valence-electron chi connectivity index (χ3n) is 7.34. The van der Waals surface area contributed by atoms with E-state index < -0.39 is 12.1 Å². The Kier molecular flexibility index (Phi) is 8.89. The molecule has 9 heteroatoms. The predicted molar refractivity (Wildman–Crippen MR) is 162 cm³/mol. The second-order valence-corrected chi connectivity index (χ2v) is 10.6. The van der Waals surface area contributed by atoms with Crippen LogP contribution in [-0.4, -0.2) is 44.4 Å². The van der Waals surface area contributed by atoms with E-state index in [1.165, 1.54) is 21.3 Å². The van der Waals surface area contributed by atoms with Crippen molar-refractivity contribution in [3.05, 3.63) is 111 Å². The maximum absolute atomic E-state index is 14.1. The quantitative estimate of drug-likeness (QED) is 0.202. The van der Waals surface area contributed by atoms with Gasteiger partial charge in [0.1, 0.15) is 24.2 Å². The SMILES string of the molecule is COc1ccc(CN2C(=O)c3c(cc(OC)c(OC)c3OC)[C@@H]2[C@@H](O)c2ccc(OCc3ccccc3)cc2Br)cc1. The molecule has 2 atom stereocenters. The number of carbonyl (C=O) groups excluding carboxylic acids is 1. The second kappa shape index (κ2) is 12.8. The molecule has 0 saturated carbocycles. The van der Waals surface area contributed by atoms with Gasteiger partial charge in [0.05, 0.1) is 40.0 Å². The number of hydrogen-bond donors (Lipinski definition) is 1. The first-order valence-electron chi connectivity index (χ1n) is 13.3. The summed E-state index contributed by atoms with van der Waals surface area (Å²) in [5.74, 6) is 2.03. The normalized spacial score (nSPS) is 14.8. The Morgan fingerprint density at radius 2 is 1.50 bits per heavy atom. The minimum atomic E-state index is -1.10. The number of aliphatic hydroxyl groups is 1. The van der Waals surface area contributed by atoms with Gasteiger partial charge in [-0.15, -0.1) is 0 Å². The van der Waals surface area contributed by atoms with Crippen molar-refractivity contribution in [3.63, 3.8) is 0 Å². The van der Waals surface area contributed by atoms with Crippen molar-refractivity contribution in [3.8, 4) is 28.7 Å². The summed E-state index contributed by atoms with van der Waals surface area (Å²) in [6.07, 6.45) is -1.10. The highest BCUT2D eigenvalue weighted by atomic mass is 79.9. The van der Waals surface area contributed by atoms with Gasteiger partial charge in [-0.3, -0.25) is 4.79 Å². The lowest BCUT2D eigenvalue weighted by molar-refractivity contribution is 0.0396. The molecule has 42 heavy (non-hydrogen) atoms. The van der Waals surface area contributed by atoms with Crippen LogP contribution in [0, 0.1) is 0 Å². The molecule has 1 amide bonds. The topological polar surface area (TPSA) is 86.7 Å². The molecule has 0 spiro atoms. The molecule has 0 bridgehead atoms. The van der Waals surface area contributed by atoms with Crippen molar-refractivity contribution in [2.24, 2.45) is 0 Å². The maximum Gasteiger partial charge on any atom is 0.259 e. The summed E-state index contributed by atoms with van der Waals surface area (Å²) in [5.41, 5.74) is 3.42. The molecule has 0 unspecified atom stereocenters. The Labute approximate surface area is 253 Å². The van der Waals surface area contributed by atoms with Crippen molar-refractivity contribution in [2.45, 2.75) is 25.3 Å². The van der Waals surface area contributed by atoms with Crippen molar-refractivity contribution >= 4 is 21.8 Å². The summed E-state index contributed by atoms with van der Waals surface area (Å²) in [7, 11) is 6.09. The zero-order chi connectivity index (χ0) is 29.8. The molecular formula is C33H32BrNO7. The fourth-order valence-electron chi connectivity index (χ4n) is 5.25. The van der Waals surface area contributed by atoms with Crippen LogP contribution in [0.4, 0.5) is 0 Å². The van der Waals surface area contributed by atoms with E-state index in [1.807, 2.05) is 66.7 Å². The van der Waals surface area contributed by atoms with Crippen molar-refractivity contribution in [2.75, 3.05) is 28.4 Å². The zero-order valence-electron chi connectivity index (χ0n) is 23.8. The van der Waals surface area contributed by atoms with E-state index >= 15 is 0 Å². The Balaban J connectivity index is 1.53. The lowest BCUT2D eigenvalue weighted by Gasteiger charge is -2.30. The Bertz CT molecular complexity index is 1560. The van der Waals surface area contributed by atoms with Gasteiger partial charge in [0.15, 0.2) is 11.5 Å². The summed E-state index contributed by atoms with van der Waals surface area (Å²) >= 11 is 3.63. The molecule has 5 rings (SSSR count). The van der Waals surface area contributed by atoms with Gasteiger partial charge in [-0.1, -0.05) is 64.5 Å². The van der Waals surface area contributed by atoms with Gasteiger partial charge in [0.2, 0.25) is 5.75 Å². The van der Waals surface area contributed by atoms with Gasteiger partial charge in [-0.2, -0.15) is 0 Å². The average molecular weight is 635 g/mol. The fourth-order valence-corrected chi connectivity index (χ4v) is 5.85. The largest absolute Gasteiger partial charge is 0.497 e. The van der Waals surface area contributed by atoms with E-state index in [1.54, 1.807) is 24.1 Å². The Hall–Kier alpha value is -4.21. The van der Waals surface area contributed by atoms with Crippen molar-refractivity contribution < 1.29 is 33.6 Å². The number of rotatable bonds is 11. The lowest BCUT2D eigenvalue weighted by Crippen LogP contribution is -2.31. The standard InChI is InChI=1S/C33H32BrNO7/c1-38-22-12-10-20(11-13-22)18-35-29(25-17-27(39-2)31(40-3)32(41-4)28(25)33(35)37)30(36)24-15-14-23(16-26(24)34)42-19-21-8-6-5-7-9-21/h5-17,29-30,36H,18-19H2,1-4H3/t29-,30+/m1/s1. The number of methoxy groups -OCH3 is 4. The van der Waals surface area contributed by atoms with Crippen LogP contribution in [0.1, 0.15) is 44.8 Å². The molecule has 8 nitrogen and oxygen atoms in total. The minimum absolute atomic E-state index is 0.239. The van der Waals surface area contributed by atoms with E-state index in [0.29, 0.717) is 50.8 Å². The van der Waals surface area contributed by atoms with Gasteiger partial charge < -0.3 is 33.7 Å². The lowest BCUT2D eigenvalue weighted by atomic mass is 9.94. The zero-order valence-corrected chi connectivity index (χ0v) is 25.4. The molecule has 1 N–H and O–H groups in total. The Morgan fingerprint density at radius 1 is 0.810 bits per heavy atom. The number of fused-ring (bicyclic) bond motifs is 1. The summed E-state index contributed by atoms with van der Waals surface area (Å²) in [5, 5.41) is 12.0. The van der Waals surface area contributed by atoms with Crippen molar-refractivity contribution in [1.82, 2.24) is 4.90 Å². The van der Waals surface area contributed by atoms with E-state index in [4.69, 9.17) is 23.7 Å². The van der Waals surface area contributed by atoms with Gasteiger partial charge in [-0.25, -0.2) is 0 Å². The van der Waals surface area contributed by atoms with Crippen LogP contribution in [0.3, 0.4) is 0 Å². The first-order chi connectivity index (χ1) is 20.4. The molecule has 0 fully saturated rings. The highest BCUT2D eigenvalue weighted by Gasteiger charge is 2.45. The van der Waals surface area contributed by atoms with E-state index in [-0.39, 0.29) is 18.2 Å². The number of ether oxygens (including phenoxy) is 5. The maximum atomic E-state index is 14.1. The van der Waals surface area contributed by atoms with Gasteiger partial charge >= 0.3 is 0 Å². The first-order valence-corrected chi connectivity index (χ1v) is 14.1. The van der Waals surface area contributed by atoms with E-state index in [9.17, 15) is 9.90 Å². The average Bonchev–Trinajstić information content (AvgIpc) is 3.29. The van der Waals surface area contributed by atoms with Crippen LogP contribution < -0.4 is 23.7 Å². The fraction of sp³-hybridized carbons (Fsp3) is 0.242. The second-order valence-electron chi connectivity index (χ2n) is 9.74. The van der Waals surface area contributed by atoms with Gasteiger partial charge in [0.25, 0.3) is 5.91 Å². The molecule has 0 aromatic heterocycles. The summed E-state index contributed by atoms with van der Waals surface area (Å²) in [4.78, 5) is 15.7. The molecule has 4 aromatic carbocycles. The number of halogens is 1. The molecular weight excluding hydrogens is 602 g/mol. The number of aliphatic hydroxyl groups excluding tert-OH is 1. The number of hydrogen-bond acceptors (Lipinski definition) is 7. The highest BCUT2D eigenvalue weighted by Crippen LogP contribution is 2.52. The monoisotopic (exact) mass is 633 g/mol. The van der Waals surface area contributed by atoms with Crippen LogP contribution in [0.15, 0.2) is 83.3 Å². The molecule has 218 valence electrons. The van der Waals surface area contributed by atoms with Crippen LogP contribution in [0.25, 0.3) is 0 Å². The molecule has 0 saturated heterocycles. The highest BCUT2D eigenvalue weighted by molar-refractivity contribution is 9.10. The molecule has 4 aromatic rings. The van der Waals surface area contributed by atoms with Crippen LogP contribution >= 0.6 is 15.9 Å². The number of amides is 1. The van der Waals surface area contributed by atoms with E-state index in [0.717, 1.165) is 11.1 Å². The summed E-state index contributed by atoms with van der Waals surface area (Å²) < 4.78 is 28.8. The predicted octanol–water partition coefficient (Wildman–Crippen LogP) is 6.49. The molecule has 0 aliphatic carbocycles. The first kappa shape index (κ1) is 29.3. The minimum Gasteiger partial charge on any atom is -0.497 e. The van der Waals surface area contributed by atoms with Crippen molar-refractivity contribution in [1.29, 1.82) is 0 Å². The van der Waals surface area contributed by atoms with Gasteiger partial charge in [0, 0.05) is 11.0 Å².